The molecule has 55 heavy (non-hydrogen) atoms. The number of hydrogen-bond donors (Lipinski definition) is 2. The summed E-state index contributed by atoms with van der Waals surface area (Å²) in [6.45, 7) is 27.0. The van der Waals surface area contributed by atoms with Gasteiger partial charge in [0.05, 0.1) is 18.6 Å². The van der Waals surface area contributed by atoms with Crippen molar-refractivity contribution in [1.29, 1.82) is 0 Å². The zero-order valence-electron chi connectivity index (χ0n) is 35.1. The number of aliphatic hydroxyl groups is 1. The van der Waals surface area contributed by atoms with Crippen LogP contribution in [0, 0.1) is 0 Å². The molecule has 1 unspecified atom stereocenters. The largest absolute Gasteiger partial charge is 0.459 e. The molecular formula is C41H65NO10Si3. The molecule has 2 N–H and O–H groups in total. The van der Waals surface area contributed by atoms with Crippen LogP contribution >= 0.6 is 0 Å². The highest BCUT2D eigenvalue weighted by atomic mass is 28.5. The van der Waals surface area contributed by atoms with E-state index in [-0.39, 0.29) is 40.2 Å². The molecule has 0 bridgehead atoms. The summed E-state index contributed by atoms with van der Waals surface area (Å²) >= 11 is 0. The third-order valence-electron chi connectivity index (χ3n) is 12.4. The van der Waals surface area contributed by atoms with E-state index in [4.69, 9.17) is 31.7 Å². The molecule has 2 aromatic carbocycles. The van der Waals surface area contributed by atoms with E-state index < -0.39 is 79.5 Å². The molecule has 0 amide bonds. The van der Waals surface area contributed by atoms with Gasteiger partial charge in [0.1, 0.15) is 30.5 Å². The second-order valence-electron chi connectivity index (χ2n) is 18.5. The van der Waals surface area contributed by atoms with Crippen molar-refractivity contribution in [2.75, 3.05) is 6.61 Å². The van der Waals surface area contributed by atoms with Gasteiger partial charge in [0.2, 0.25) is 0 Å². The number of hydroxylamine groups is 1. The van der Waals surface area contributed by atoms with Crippen LogP contribution in [-0.2, 0) is 43.1 Å². The van der Waals surface area contributed by atoms with E-state index in [2.05, 4.69) is 94.7 Å². The molecule has 2 aromatic rings. The van der Waals surface area contributed by atoms with Crippen LogP contribution in [0.1, 0.15) is 98.5 Å². The fourth-order valence-corrected chi connectivity index (χ4v) is 20.9. The van der Waals surface area contributed by atoms with Crippen molar-refractivity contribution < 1.29 is 46.4 Å². The van der Waals surface area contributed by atoms with Crippen molar-refractivity contribution in [3.05, 3.63) is 71.8 Å². The van der Waals surface area contributed by atoms with E-state index in [0.717, 1.165) is 5.56 Å². The number of carbonyl (C=O) groups excluding carboxylic acids is 2. The standard InChI is InChI=1S/C41H65NO10Si3/c1-27(2)54(28(3)4)50-35-37(51-55(52-54,29(5)6)30(7)8)41(45,26-46-38(44)32-22-18-15-19-23-32)36(49-53(12,13)39(9,10)11)34-40(35,24-33(43)48-34)42-47-25-31-20-16-14-17-21-31/h14-23,27-30,34-37,42,45H,24-26H2,1-13H3/t34?,35-,36-,37+,40-,41+/m1/s1. The molecule has 3 aliphatic rings. The lowest BCUT2D eigenvalue weighted by atomic mass is 9.66. The van der Waals surface area contributed by atoms with Crippen molar-refractivity contribution in [2.45, 2.75) is 165 Å². The molecule has 5 rings (SSSR count). The summed E-state index contributed by atoms with van der Waals surface area (Å²) in [5, 5.41) is 13.4. The third kappa shape index (κ3) is 8.10. The highest BCUT2D eigenvalue weighted by Gasteiger charge is 2.77. The van der Waals surface area contributed by atoms with E-state index in [0.29, 0.717) is 5.56 Å². The van der Waals surface area contributed by atoms with Crippen LogP contribution in [0.2, 0.25) is 40.3 Å². The van der Waals surface area contributed by atoms with Gasteiger partial charge in [-0.1, -0.05) is 125 Å². The lowest BCUT2D eigenvalue weighted by molar-refractivity contribution is -0.267. The summed E-state index contributed by atoms with van der Waals surface area (Å²) in [6.07, 6.45) is -4.75. The molecule has 6 atom stereocenters. The monoisotopic (exact) mass is 815 g/mol. The first-order chi connectivity index (χ1) is 25.6. The van der Waals surface area contributed by atoms with Crippen LogP contribution < -0.4 is 5.48 Å². The van der Waals surface area contributed by atoms with Gasteiger partial charge in [-0.25, -0.2) is 4.79 Å². The lowest BCUT2D eigenvalue weighted by Gasteiger charge is -2.59. The maximum absolute atomic E-state index is 13.9. The van der Waals surface area contributed by atoms with Crippen molar-refractivity contribution in [3.8, 4) is 0 Å². The number of ether oxygens (including phenoxy) is 2. The summed E-state index contributed by atoms with van der Waals surface area (Å²) < 4.78 is 42.4. The Hall–Kier alpha value is -2.25. The molecule has 1 saturated carbocycles. The van der Waals surface area contributed by atoms with E-state index in [1.54, 1.807) is 24.3 Å². The Labute approximate surface area is 331 Å². The number of nitrogens with one attached hydrogen (secondary N) is 1. The lowest BCUT2D eigenvalue weighted by Crippen LogP contribution is -2.82. The molecule has 2 saturated heterocycles. The molecule has 14 heteroatoms. The second-order valence-corrected chi connectivity index (χ2v) is 32.0. The van der Waals surface area contributed by atoms with Gasteiger partial charge in [0, 0.05) is 0 Å². The van der Waals surface area contributed by atoms with E-state index in [1.165, 1.54) is 0 Å². The summed E-state index contributed by atoms with van der Waals surface area (Å²) in [5.74, 6) is -1.11. The van der Waals surface area contributed by atoms with Crippen molar-refractivity contribution >= 4 is 37.4 Å². The SMILES string of the molecule is CC(C)[Si]1(C(C)C)O[C@@H]2[C@H](O[Si](C(C)C)(C(C)C)O1)[C@](O)(COC(=O)c1ccccc1)[C@H](O[Si](C)(C)C(C)(C)C)C1OC(=O)C[C@@]12NOCc1ccccc1. The molecule has 0 spiro atoms. The molecule has 0 aromatic heterocycles. The summed E-state index contributed by atoms with van der Waals surface area (Å²) in [7, 11) is -9.48. The number of esters is 2. The second kappa shape index (κ2) is 16.2. The van der Waals surface area contributed by atoms with Gasteiger partial charge in [0.25, 0.3) is 0 Å². The first-order valence-corrected chi connectivity index (χ1v) is 26.7. The van der Waals surface area contributed by atoms with Crippen molar-refractivity contribution in [2.24, 2.45) is 0 Å². The maximum Gasteiger partial charge on any atom is 0.338 e. The molecule has 3 fully saturated rings. The smallest absolute Gasteiger partial charge is 0.338 e. The summed E-state index contributed by atoms with van der Waals surface area (Å²) in [5.41, 5.74) is 0.851. The van der Waals surface area contributed by atoms with Gasteiger partial charge >= 0.3 is 29.1 Å². The molecular weight excluding hydrogens is 751 g/mol. The van der Waals surface area contributed by atoms with E-state index in [1.807, 2.05) is 36.4 Å². The Bertz CT molecular complexity index is 1620. The Morgan fingerprint density at radius 2 is 1.36 bits per heavy atom. The Balaban J connectivity index is 1.78. The number of carbonyl (C=O) groups is 2. The minimum Gasteiger partial charge on any atom is -0.459 e. The highest BCUT2D eigenvalue weighted by molar-refractivity contribution is 6.84. The zero-order chi connectivity index (χ0) is 40.8. The molecule has 0 radical (unpaired) electrons. The average Bonchev–Trinajstić information content (AvgIpc) is 3.33. The summed E-state index contributed by atoms with van der Waals surface area (Å²) in [4.78, 5) is 34.0. The predicted molar refractivity (Wildman–Crippen MR) is 218 cm³/mol. The normalized spacial score (nSPS) is 29.2. The zero-order valence-corrected chi connectivity index (χ0v) is 38.1. The Morgan fingerprint density at radius 1 is 0.855 bits per heavy atom. The van der Waals surface area contributed by atoms with Gasteiger partial charge in [0.15, 0.2) is 20.0 Å². The average molecular weight is 816 g/mol. The number of rotatable bonds is 13. The van der Waals surface area contributed by atoms with Gasteiger partial charge in [-0.15, -0.1) is 0 Å². The van der Waals surface area contributed by atoms with Crippen LogP contribution in [0.25, 0.3) is 0 Å². The van der Waals surface area contributed by atoms with Crippen LogP contribution in [0.5, 0.6) is 0 Å². The first-order valence-electron chi connectivity index (χ1n) is 19.9. The van der Waals surface area contributed by atoms with Gasteiger partial charge in [-0.05, 0) is 58.0 Å². The van der Waals surface area contributed by atoms with Crippen molar-refractivity contribution in [3.63, 3.8) is 0 Å². The van der Waals surface area contributed by atoms with E-state index in [9.17, 15) is 14.7 Å². The van der Waals surface area contributed by atoms with Crippen LogP contribution in [0.15, 0.2) is 60.7 Å². The van der Waals surface area contributed by atoms with Gasteiger partial charge in [-0.3, -0.25) is 9.63 Å². The van der Waals surface area contributed by atoms with Crippen molar-refractivity contribution in [1.82, 2.24) is 5.48 Å². The molecule has 11 nitrogen and oxygen atoms in total. The summed E-state index contributed by atoms with van der Waals surface area (Å²) in [6, 6.07) is 18.4. The number of benzene rings is 2. The molecule has 306 valence electrons. The Kier molecular flexibility index (Phi) is 12.9. The van der Waals surface area contributed by atoms with Crippen LogP contribution in [-0.4, -0.2) is 84.6 Å². The predicted octanol–water partition coefficient (Wildman–Crippen LogP) is 8.08. The Morgan fingerprint density at radius 3 is 1.87 bits per heavy atom. The minimum atomic E-state index is -3.37. The molecule has 2 aliphatic heterocycles. The quantitative estimate of drug-likeness (QED) is 0.116. The highest BCUT2D eigenvalue weighted by Crippen LogP contribution is 2.56. The van der Waals surface area contributed by atoms with Crippen LogP contribution in [0.3, 0.4) is 0 Å². The molecule has 1 aliphatic carbocycles. The topological polar surface area (TPSA) is 131 Å². The third-order valence-corrected chi connectivity index (χ3v) is 27.1. The fraction of sp³-hybridized carbons (Fsp3) is 0.659. The maximum atomic E-state index is 13.9. The van der Waals surface area contributed by atoms with Gasteiger partial charge < -0.3 is 32.0 Å². The minimum absolute atomic E-state index is 0.0526. The van der Waals surface area contributed by atoms with Crippen LogP contribution in [0.4, 0.5) is 0 Å². The number of hydrogen-bond acceptors (Lipinski definition) is 11. The number of fused-ring (bicyclic) bond motifs is 3. The first kappa shape index (κ1) is 43.9. The molecule has 2 heterocycles. The van der Waals surface area contributed by atoms with E-state index >= 15 is 0 Å². The van der Waals surface area contributed by atoms with Gasteiger partial charge in [-0.2, -0.15) is 5.48 Å². The fourth-order valence-electron chi connectivity index (χ4n) is 8.19.